The summed E-state index contributed by atoms with van der Waals surface area (Å²) in [6, 6.07) is 12.7. The molecule has 1 unspecified atom stereocenters. The van der Waals surface area contributed by atoms with Gasteiger partial charge >= 0.3 is 6.18 Å². The van der Waals surface area contributed by atoms with Gasteiger partial charge in [0.2, 0.25) is 0 Å². The van der Waals surface area contributed by atoms with Crippen LogP contribution >= 0.6 is 0 Å². The smallest absolute Gasteiger partial charge is 0.416 e. The Morgan fingerprint density at radius 3 is 2.59 bits per heavy atom. The third kappa shape index (κ3) is 3.19. The van der Waals surface area contributed by atoms with E-state index in [4.69, 9.17) is 9.15 Å². The molecule has 3 heterocycles. The fraction of sp³-hybridized carbons (Fsp3) is 0.238. The van der Waals surface area contributed by atoms with Crippen molar-refractivity contribution >= 4 is 27.9 Å². The zero-order valence-corrected chi connectivity index (χ0v) is 15.2. The summed E-state index contributed by atoms with van der Waals surface area (Å²) in [7, 11) is 0. The van der Waals surface area contributed by atoms with Crippen LogP contribution in [0.2, 0.25) is 0 Å². The Morgan fingerprint density at radius 2 is 1.79 bits per heavy atom. The number of rotatable bonds is 2. The van der Waals surface area contributed by atoms with E-state index in [-0.39, 0.29) is 6.10 Å². The number of furan rings is 1. The van der Waals surface area contributed by atoms with Gasteiger partial charge in [0.05, 0.1) is 12.2 Å². The topological polar surface area (TPSA) is 51.4 Å². The number of hydrogen-bond acceptors (Lipinski definition) is 5. The molecule has 4 aromatic rings. The Labute approximate surface area is 163 Å². The van der Waals surface area contributed by atoms with Crippen molar-refractivity contribution in [3.8, 4) is 0 Å². The van der Waals surface area contributed by atoms with Crippen molar-refractivity contribution in [2.75, 3.05) is 24.6 Å². The summed E-state index contributed by atoms with van der Waals surface area (Å²) in [4.78, 5) is 10.8. The highest BCUT2D eigenvalue weighted by Gasteiger charge is 2.31. The molecule has 0 bridgehead atoms. The fourth-order valence-electron chi connectivity index (χ4n) is 3.67. The second-order valence-electron chi connectivity index (χ2n) is 6.90. The van der Waals surface area contributed by atoms with Gasteiger partial charge in [0.25, 0.3) is 0 Å². The number of anilines is 1. The maximum atomic E-state index is 12.8. The molecule has 2 aromatic heterocycles. The van der Waals surface area contributed by atoms with Gasteiger partial charge in [-0.2, -0.15) is 13.2 Å². The average molecular weight is 399 g/mol. The number of morpholine rings is 1. The van der Waals surface area contributed by atoms with Crippen molar-refractivity contribution in [1.29, 1.82) is 0 Å². The van der Waals surface area contributed by atoms with Crippen molar-refractivity contribution in [2.24, 2.45) is 0 Å². The molecular weight excluding hydrogens is 383 g/mol. The zero-order chi connectivity index (χ0) is 20.0. The van der Waals surface area contributed by atoms with E-state index in [2.05, 4.69) is 9.97 Å². The summed E-state index contributed by atoms with van der Waals surface area (Å²) < 4.78 is 50.3. The minimum Gasteiger partial charge on any atom is -0.450 e. The van der Waals surface area contributed by atoms with Gasteiger partial charge in [-0.05, 0) is 29.8 Å². The van der Waals surface area contributed by atoms with Crippen LogP contribution in [0.4, 0.5) is 19.0 Å². The maximum absolute atomic E-state index is 12.8. The van der Waals surface area contributed by atoms with E-state index in [0.29, 0.717) is 36.7 Å². The second-order valence-corrected chi connectivity index (χ2v) is 6.90. The van der Waals surface area contributed by atoms with E-state index in [9.17, 15) is 13.2 Å². The fourth-order valence-corrected chi connectivity index (χ4v) is 3.67. The molecule has 0 aliphatic carbocycles. The van der Waals surface area contributed by atoms with Gasteiger partial charge in [0, 0.05) is 18.5 Å². The van der Waals surface area contributed by atoms with Gasteiger partial charge < -0.3 is 14.1 Å². The summed E-state index contributed by atoms with van der Waals surface area (Å²) >= 11 is 0. The molecule has 0 saturated carbocycles. The number of halogens is 3. The molecule has 1 saturated heterocycles. The van der Waals surface area contributed by atoms with Crippen molar-refractivity contribution in [3.63, 3.8) is 0 Å². The largest absolute Gasteiger partial charge is 0.450 e. The van der Waals surface area contributed by atoms with Crippen molar-refractivity contribution in [2.45, 2.75) is 12.3 Å². The van der Waals surface area contributed by atoms with Gasteiger partial charge in [-0.15, -0.1) is 0 Å². The molecule has 0 amide bonds. The molecule has 1 fully saturated rings. The van der Waals surface area contributed by atoms with Crippen LogP contribution in [0.5, 0.6) is 0 Å². The first-order chi connectivity index (χ1) is 14.0. The monoisotopic (exact) mass is 399 g/mol. The standard InChI is InChI=1S/C21H16F3N3O2/c22-21(23,24)14-7-5-13(6-8-14)17-11-27(9-10-28-17)20-19-18(25-12-26-20)15-3-1-2-4-16(15)29-19/h1-8,12,17H,9-11H2. The quantitative estimate of drug-likeness (QED) is 0.476. The van der Waals surface area contributed by atoms with Crippen LogP contribution in [-0.2, 0) is 10.9 Å². The van der Waals surface area contributed by atoms with E-state index in [1.165, 1.54) is 18.5 Å². The highest BCUT2D eigenvalue weighted by atomic mass is 19.4. The number of ether oxygens (including phenoxy) is 1. The zero-order valence-electron chi connectivity index (χ0n) is 15.2. The third-order valence-corrected chi connectivity index (χ3v) is 5.12. The van der Waals surface area contributed by atoms with E-state index < -0.39 is 11.7 Å². The highest BCUT2D eigenvalue weighted by molar-refractivity contribution is 6.05. The van der Waals surface area contributed by atoms with Crippen LogP contribution in [0.15, 0.2) is 59.3 Å². The van der Waals surface area contributed by atoms with Crippen LogP contribution in [0.3, 0.4) is 0 Å². The van der Waals surface area contributed by atoms with E-state index in [1.54, 1.807) is 0 Å². The maximum Gasteiger partial charge on any atom is 0.416 e. The minimum atomic E-state index is -4.36. The Hall–Kier alpha value is -3.13. The molecule has 0 spiro atoms. The molecule has 1 aliphatic rings. The van der Waals surface area contributed by atoms with Gasteiger partial charge in [-0.1, -0.05) is 24.3 Å². The highest BCUT2D eigenvalue weighted by Crippen LogP contribution is 2.35. The molecule has 29 heavy (non-hydrogen) atoms. The lowest BCUT2D eigenvalue weighted by atomic mass is 10.1. The molecule has 2 aromatic carbocycles. The predicted octanol–water partition coefficient (Wildman–Crippen LogP) is 4.97. The lowest BCUT2D eigenvalue weighted by molar-refractivity contribution is -0.137. The van der Waals surface area contributed by atoms with Crippen LogP contribution in [0.1, 0.15) is 17.2 Å². The Morgan fingerprint density at radius 1 is 1.00 bits per heavy atom. The number of fused-ring (bicyclic) bond motifs is 3. The van der Waals surface area contributed by atoms with E-state index in [0.717, 1.165) is 28.6 Å². The summed E-state index contributed by atoms with van der Waals surface area (Å²) in [5, 5.41) is 0.915. The van der Waals surface area contributed by atoms with Crippen LogP contribution in [0, 0.1) is 0 Å². The van der Waals surface area contributed by atoms with E-state index in [1.807, 2.05) is 29.2 Å². The third-order valence-electron chi connectivity index (χ3n) is 5.12. The summed E-state index contributed by atoms with van der Waals surface area (Å²) in [5.41, 5.74) is 2.09. The molecular formula is C21H16F3N3O2. The number of hydrogen-bond donors (Lipinski definition) is 0. The van der Waals surface area contributed by atoms with Gasteiger partial charge in [-0.3, -0.25) is 0 Å². The minimum absolute atomic E-state index is 0.361. The first-order valence-corrected chi connectivity index (χ1v) is 9.16. The molecule has 1 aliphatic heterocycles. The molecule has 5 nitrogen and oxygen atoms in total. The van der Waals surface area contributed by atoms with Crippen molar-refractivity contribution < 1.29 is 22.3 Å². The molecule has 0 N–H and O–H groups in total. The van der Waals surface area contributed by atoms with Crippen LogP contribution < -0.4 is 4.90 Å². The number of aromatic nitrogens is 2. The van der Waals surface area contributed by atoms with Gasteiger partial charge in [-0.25, -0.2) is 9.97 Å². The molecule has 0 radical (unpaired) electrons. The number of para-hydroxylation sites is 1. The van der Waals surface area contributed by atoms with Crippen molar-refractivity contribution in [3.05, 3.63) is 66.0 Å². The Bertz CT molecular complexity index is 1170. The second kappa shape index (κ2) is 6.73. The first kappa shape index (κ1) is 17.9. The lowest BCUT2D eigenvalue weighted by Crippen LogP contribution is -2.39. The van der Waals surface area contributed by atoms with Gasteiger partial charge in [0.15, 0.2) is 11.4 Å². The molecule has 8 heteroatoms. The molecule has 1 atom stereocenters. The Balaban J connectivity index is 1.47. The van der Waals surface area contributed by atoms with Crippen LogP contribution in [-0.4, -0.2) is 29.7 Å². The average Bonchev–Trinajstić information content (AvgIpc) is 3.12. The number of alkyl halides is 3. The number of benzene rings is 2. The predicted molar refractivity (Wildman–Crippen MR) is 102 cm³/mol. The van der Waals surface area contributed by atoms with Crippen LogP contribution in [0.25, 0.3) is 22.1 Å². The lowest BCUT2D eigenvalue weighted by Gasteiger charge is -2.33. The van der Waals surface area contributed by atoms with Crippen molar-refractivity contribution in [1.82, 2.24) is 9.97 Å². The van der Waals surface area contributed by atoms with Gasteiger partial charge in [0.1, 0.15) is 23.5 Å². The summed E-state index contributed by atoms with van der Waals surface area (Å²) in [5.74, 6) is 0.659. The summed E-state index contributed by atoms with van der Waals surface area (Å²) in [6.07, 6.45) is -3.21. The first-order valence-electron chi connectivity index (χ1n) is 9.16. The normalized spacial score (nSPS) is 17.9. The summed E-state index contributed by atoms with van der Waals surface area (Å²) in [6.45, 7) is 1.48. The SMILES string of the molecule is FC(F)(F)c1ccc(C2CN(c3ncnc4c3oc3ccccc34)CCO2)cc1. The Kier molecular flexibility index (Phi) is 4.16. The number of nitrogens with zero attached hydrogens (tertiary/aromatic N) is 3. The van der Waals surface area contributed by atoms with E-state index >= 15 is 0 Å². The molecule has 5 rings (SSSR count). The molecule has 148 valence electrons.